The summed E-state index contributed by atoms with van der Waals surface area (Å²) in [6, 6.07) is 10.1. The Bertz CT molecular complexity index is 894. The molecule has 24 heavy (non-hydrogen) atoms. The van der Waals surface area contributed by atoms with Gasteiger partial charge in [0.25, 0.3) is 0 Å². The molecule has 0 saturated carbocycles. The van der Waals surface area contributed by atoms with Crippen LogP contribution < -0.4 is 5.32 Å². The molecule has 3 heterocycles. The van der Waals surface area contributed by atoms with Gasteiger partial charge in [-0.2, -0.15) is 5.10 Å². The number of carbonyl (C=O) groups is 1. The molecule has 3 aromatic rings. The number of para-hydroxylation sites is 1. The summed E-state index contributed by atoms with van der Waals surface area (Å²) in [5.41, 5.74) is 5.06. The van der Waals surface area contributed by atoms with Crippen molar-refractivity contribution < 1.29 is 4.79 Å². The van der Waals surface area contributed by atoms with Crippen molar-refractivity contribution in [1.29, 1.82) is 0 Å². The van der Waals surface area contributed by atoms with E-state index < -0.39 is 0 Å². The van der Waals surface area contributed by atoms with Gasteiger partial charge >= 0.3 is 0 Å². The smallest absolute Gasteiger partial charge is 0.220 e. The number of aryl methyl sites for hydroxylation is 1. The molecule has 2 N–H and O–H groups in total. The van der Waals surface area contributed by atoms with Crippen LogP contribution in [-0.4, -0.2) is 32.2 Å². The maximum atomic E-state index is 11.4. The predicted molar refractivity (Wildman–Crippen MR) is 91.0 cm³/mol. The van der Waals surface area contributed by atoms with Gasteiger partial charge in [0.1, 0.15) is 5.82 Å². The van der Waals surface area contributed by atoms with Crippen LogP contribution in [0.4, 0.5) is 0 Å². The largest absolute Gasteiger partial charge is 0.355 e. The Morgan fingerprint density at radius 3 is 2.71 bits per heavy atom. The van der Waals surface area contributed by atoms with Gasteiger partial charge < -0.3 is 10.3 Å². The van der Waals surface area contributed by atoms with Crippen molar-refractivity contribution in [2.24, 2.45) is 0 Å². The first kappa shape index (κ1) is 14.7. The van der Waals surface area contributed by atoms with Crippen molar-refractivity contribution >= 4 is 5.91 Å². The van der Waals surface area contributed by atoms with Crippen molar-refractivity contribution in [1.82, 2.24) is 25.1 Å². The van der Waals surface area contributed by atoms with Crippen LogP contribution in [-0.2, 0) is 4.79 Å². The van der Waals surface area contributed by atoms with Crippen LogP contribution in [0.15, 0.2) is 36.5 Å². The molecule has 1 aliphatic rings. The Morgan fingerprint density at radius 1 is 1.21 bits per heavy atom. The molecule has 1 amide bonds. The second-order valence-electron chi connectivity index (χ2n) is 6.18. The molecular formula is C18H19N5O. The summed E-state index contributed by atoms with van der Waals surface area (Å²) in [5, 5.41) is 7.53. The Morgan fingerprint density at radius 2 is 2.00 bits per heavy atom. The zero-order chi connectivity index (χ0) is 16.7. The average molecular weight is 321 g/mol. The van der Waals surface area contributed by atoms with Crippen molar-refractivity contribution in [3.8, 4) is 16.9 Å². The molecule has 1 aliphatic heterocycles. The van der Waals surface area contributed by atoms with Crippen LogP contribution in [0, 0.1) is 13.8 Å². The summed E-state index contributed by atoms with van der Waals surface area (Å²) in [4.78, 5) is 19.3. The first-order valence-corrected chi connectivity index (χ1v) is 8.07. The molecule has 0 spiro atoms. The Kier molecular flexibility index (Phi) is 3.45. The van der Waals surface area contributed by atoms with E-state index in [2.05, 4.69) is 27.3 Å². The summed E-state index contributed by atoms with van der Waals surface area (Å²) in [6.45, 7) is 4.71. The summed E-state index contributed by atoms with van der Waals surface area (Å²) >= 11 is 0. The van der Waals surface area contributed by atoms with Crippen LogP contribution in [0.1, 0.15) is 29.6 Å². The van der Waals surface area contributed by atoms with E-state index in [0.29, 0.717) is 13.0 Å². The molecule has 0 unspecified atom stereocenters. The molecule has 6 heteroatoms. The van der Waals surface area contributed by atoms with E-state index in [1.807, 2.05) is 48.1 Å². The maximum absolute atomic E-state index is 11.4. The number of nitrogens with one attached hydrogen (secondary N) is 2. The van der Waals surface area contributed by atoms with Crippen LogP contribution in [0.2, 0.25) is 0 Å². The lowest BCUT2D eigenvalue weighted by molar-refractivity contribution is -0.119. The van der Waals surface area contributed by atoms with Gasteiger partial charge in [-0.15, -0.1) is 0 Å². The van der Waals surface area contributed by atoms with E-state index in [-0.39, 0.29) is 11.8 Å². The van der Waals surface area contributed by atoms with Crippen molar-refractivity contribution in [3.63, 3.8) is 0 Å². The summed E-state index contributed by atoms with van der Waals surface area (Å²) in [7, 11) is 0. The van der Waals surface area contributed by atoms with E-state index in [1.165, 1.54) is 0 Å². The zero-order valence-corrected chi connectivity index (χ0v) is 13.7. The number of amides is 1. The quantitative estimate of drug-likeness (QED) is 0.778. The van der Waals surface area contributed by atoms with Crippen LogP contribution in [0.3, 0.4) is 0 Å². The number of imidazole rings is 1. The van der Waals surface area contributed by atoms with Gasteiger partial charge in [0.05, 0.1) is 29.0 Å². The summed E-state index contributed by atoms with van der Waals surface area (Å²) in [5.74, 6) is 1.06. The highest BCUT2D eigenvalue weighted by molar-refractivity contribution is 5.79. The average Bonchev–Trinajstić information content (AvgIpc) is 3.28. The minimum absolute atomic E-state index is 0.0854. The Hall–Kier alpha value is -2.89. The minimum atomic E-state index is 0.0854. The number of hydrogen-bond donors (Lipinski definition) is 2. The number of aromatic amines is 1. The first-order valence-electron chi connectivity index (χ1n) is 8.07. The lowest BCUT2D eigenvalue weighted by Crippen LogP contribution is -2.13. The van der Waals surface area contributed by atoms with E-state index in [9.17, 15) is 4.79 Å². The number of hydrogen-bond acceptors (Lipinski definition) is 3. The highest BCUT2D eigenvalue weighted by Crippen LogP contribution is 2.29. The molecule has 0 radical (unpaired) electrons. The van der Waals surface area contributed by atoms with E-state index in [0.717, 1.165) is 34.2 Å². The van der Waals surface area contributed by atoms with Crippen LogP contribution in [0.25, 0.3) is 16.9 Å². The monoisotopic (exact) mass is 321 g/mol. The third-order valence-corrected chi connectivity index (χ3v) is 4.52. The van der Waals surface area contributed by atoms with Gasteiger partial charge in [0, 0.05) is 24.4 Å². The fourth-order valence-electron chi connectivity index (χ4n) is 3.32. The molecule has 4 rings (SSSR count). The van der Waals surface area contributed by atoms with Gasteiger partial charge in [-0.1, -0.05) is 18.2 Å². The first-order chi connectivity index (χ1) is 11.6. The maximum Gasteiger partial charge on any atom is 0.220 e. The summed E-state index contributed by atoms with van der Waals surface area (Å²) < 4.78 is 1.95. The van der Waals surface area contributed by atoms with Gasteiger partial charge in [0.2, 0.25) is 5.91 Å². The van der Waals surface area contributed by atoms with Crippen LogP contribution in [0.5, 0.6) is 0 Å². The van der Waals surface area contributed by atoms with Crippen molar-refractivity contribution in [2.45, 2.75) is 26.2 Å². The third kappa shape index (κ3) is 2.40. The number of carbonyl (C=O) groups excluding carboxylic acids is 1. The fraction of sp³-hybridized carbons (Fsp3) is 0.278. The standard InChI is InChI=1S/C18H19N5O/c1-11-17(12(2)23(22-11)14-6-4-3-5-7-14)15-10-20-18(21-15)13-8-16(24)19-9-13/h3-7,10,13H,8-9H2,1-2H3,(H,19,24)(H,20,21)/t13-/m1/s1. The number of rotatable bonds is 3. The highest BCUT2D eigenvalue weighted by Gasteiger charge is 2.26. The number of aromatic nitrogens is 4. The lowest BCUT2D eigenvalue weighted by atomic mass is 10.1. The number of H-pyrrole nitrogens is 1. The number of nitrogens with zero attached hydrogens (tertiary/aromatic N) is 3. The lowest BCUT2D eigenvalue weighted by Gasteiger charge is -2.05. The summed E-state index contributed by atoms with van der Waals surface area (Å²) in [6.07, 6.45) is 2.33. The predicted octanol–water partition coefficient (Wildman–Crippen LogP) is 2.48. The van der Waals surface area contributed by atoms with E-state index in [1.54, 1.807) is 0 Å². The van der Waals surface area contributed by atoms with Crippen molar-refractivity contribution in [3.05, 3.63) is 53.7 Å². The molecule has 1 saturated heterocycles. The van der Waals surface area contributed by atoms with E-state index >= 15 is 0 Å². The molecule has 122 valence electrons. The fourth-order valence-corrected chi connectivity index (χ4v) is 3.32. The molecule has 2 aromatic heterocycles. The van der Waals surface area contributed by atoms with Gasteiger partial charge in [0.15, 0.2) is 0 Å². The Labute approximate surface area is 139 Å². The highest BCUT2D eigenvalue weighted by atomic mass is 16.1. The second-order valence-corrected chi connectivity index (χ2v) is 6.18. The topological polar surface area (TPSA) is 75.6 Å². The van der Waals surface area contributed by atoms with Crippen molar-refractivity contribution in [2.75, 3.05) is 6.54 Å². The third-order valence-electron chi connectivity index (χ3n) is 4.52. The van der Waals surface area contributed by atoms with Crippen LogP contribution >= 0.6 is 0 Å². The second kappa shape index (κ2) is 5.63. The van der Waals surface area contributed by atoms with E-state index in [4.69, 9.17) is 0 Å². The molecule has 0 aliphatic carbocycles. The van der Waals surface area contributed by atoms with Gasteiger partial charge in [-0.05, 0) is 26.0 Å². The molecule has 0 bridgehead atoms. The van der Waals surface area contributed by atoms with Gasteiger partial charge in [-0.25, -0.2) is 9.67 Å². The Balaban J connectivity index is 1.71. The number of benzene rings is 1. The van der Waals surface area contributed by atoms with Gasteiger partial charge in [-0.3, -0.25) is 4.79 Å². The zero-order valence-electron chi connectivity index (χ0n) is 13.7. The minimum Gasteiger partial charge on any atom is -0.355 e. The molecule has 6 nitrogen and oxygen atoms in total. The molecule has 1 atom stereocenters. The normalized spacial score (nSPS) is 17.2. The molecular weight excluding hydrogens is 302 g/mol. The molecule has 1 aromatic carbocycles. The molecule has 1 fully saturated rings. The SMILES string of the molecule is Cc1nn(-c2ccccc2)c(C)c1-c1cnc([C@H]2CNC(=O)C2)[nH]1.